The Morgan fingerprint density at radius 2 is 1.67 bits per heavy atom. The van der Waals surface area contributed by atoms with Crippen LogP contribution in [0.15, 0.2) is 24.4 Å². The van der Waals surface area contributed by atoms with Crippen molar-refractivity contribution in [3.05, 3.63) is 41.3 Å². The third-order valence-corrected chi connectivity index (χ3v) is 1.52. The Morgan fingerprint density at radius 3 is 2.13 bits per heavy atom. The third kappa shape index (κ3) is 6.72. The van der Waals surface area contributed by atoms with Crippen molar-refractivity contribution in [1.29, 1.82) is 0 Å². The monoisotopic (exact) mass is 211 g/mol. The zero-order chi connectivity index (χ0) is 12.3. The first-order valence-electron chi connectivity index (χ1n) is 5.38. The summed E-state index contributed by atoms with van der Waals surface area (Å²) in [7, 11) is 0. The van der Waals surface area contributed by atoms with E-state index >= 15 is 0 Å². The molecule has 0 fully saturated rings. The van der Waals surface area contributed by atoms with Crippen LogP contribution in [0.1, 0.15) is 38.8 Å². The molecule has 1 aromatic rings. The zero-order valence-corrected chi connectivity index (χ0v) is 10.3. The molecule has 1 rings (SSSR count). The van der Waals surface area contributed by atoms with E-state index in [4.69, 9.17) is 5.73 Å². The summed E-state index contributed by atoms with van der Waals surface area (Å²) < 4.78 is 12.6. The van der Waals surface area contributed by atoms with Crippen LogP contribution < -0.4 is 5.73 Å². The molecule has 86 valence electrons. The molecule has 0 spiro atoms. The van der Waals surface area contributed by atoms with Crippen molar-refractivity contribution >= 4 is 6.08 Å². The van der Waals surface area contributed by atoms with Crippen LogP contribution in [-0.2, 0) is 0 Å². The van der Waals surface area contributed by atoms with Gasteiger partial charge in [-0.3, -0.25) is 0 Å². The Morgan fingerprint density at radius 1 is 1.13 bits per heavy atom. The van der Waals surface area contributed by atoms with Crippen LogP contribution in [0, 0.1) is 12.7 Å². The van der Waals surface area contributed by atoms with Gasteiger partial charge in [0.05, 0.1) is 0 Å². The Hall–Kier alpha value is -1.31. The summed E-state index contributed by atoms with van der Waals surface area (Å²) in [5.41, 5.74) is 7.02. The van der Waals surface area contributed by atoms with Gasteiger partial charge in [0.25, 0.3) is 0 Å². The van der Waals surface area contributed by atoms with Crippen molar-refractivity contribution in [1.82, 2.24) is 0 Å². The SMILES string of the molecule is CC.CC.Cc1ccc(F)cc1/C=C\N. The molecular weight excluding hydrogens is 189 g/mol. The number of rotatable bonds is 1. The summed E-state index contributed by atoms with van der Waals surface area (Å²) in [6, 6.07) is 4.62. The van der Waals surface area contributed by atoms with Crippen LogP contribution >= 0.6 is 0 Å². The Bertz CT molecular complexity index is 280. The standard InChI is InChI=1S/C9H10FN.2C2H6/c1-7-2-3-9(10)6-8(7)4-5-11;2*1-2/h2-6H,11H2,1H3;2*1-2H3/b5-4-;;. The van der Waals surface area contributed by atoms with Crippen molar-refractivity contribution in [3.8, 4) is 0 Å². The Kier molecular flexibility index (Phi) is 11.6. The lowest BCUT2D eigenvalue weighted by molar-refractivity contribution is 0.627. The molecule has 0 bridgehead atoms. The van der Waals surface area contributed by atoms with Crippen LogP contribution in [0.5, 0.6) is 0 Å². The fraction of sp³-hybridized carbons (Fsp3) is 0.385. The van der Waals surface area contributed by atoms with E-state index in [-0.39, 0.29) is 5.82 Å². The largest absolute Gasteiger partial charge is 0.405 e. The smallest absolute Gasteiger partial charge is 0.123 e. The highest BCUT2D eigenvalue weighted by molar-refractivity contribution is 5.52. The second kappa shape index (κ2) is 10.8. The lowest BCUT2D eigenvalue weighted by Crippen LogP contribution is -1.84. The minimum absolute atomic E-state index is 0.233. The Labute approximate surface area is 92.8 Å². The molecule has 1 aromatic carbocycles. The molecular formula is C13H22FN. The van der Waals surface area contributed by atoms with Crippen LogP contribution in [0.25, 0.3) is 6.08 Å². The van der Waals surface area contributed by atoms with Gasteiger partial charge in [-0.2, -0.15) is 0 Å². The second-order valence-corrected chi connectivity index (χ2v) is 2.36. The molecule has 0 saturated heterocycles. The molecule has 0 aliphatic rings. The molecule has 0 amide bonds. The zero-order valence-electron chi connectivity index (χ0n) is 10.3. The molecule has 0 unspecified atom stereocenters. The highest BCUT2D eigenvalue weighted by Crippen LogP contribution is 2.10. The summed E-state index contributed by atoms with van der Waals surface area (Å²) in [6.07, 6.45) is 3.08. The van der Waals surface area contributed by atoms with E-state index in [0.29, 0.717) is 0 Å². The maximum absolute atomic E-state index is 12.6. The highest BCUT2D eigenvalue weighted by atomic mass is 19.1. The predicted octanol–water partition coefficient (Wildman–Crippen LogP) is 4.12. The number of hydrogen-bond acceptors (Lipinski definition) is 1. The van der Waals surface area contributed by atoms with Gasteiger partial charge in [0, 0.05) is 0 Å². The van der Waals surface area contributed by atoms with Crippen molar-refractivity contribution < 1.29 is 4.39 Å². The van der Waals surface area contributed by atoms with Crippen molar-refractivity contribution in [2.45, 2.75) is 34.6 Å². The molecule has 1 nitrogen and oxygen atoms in total. The van der Waals surface area contributed by atoms with Crippen molar-refractivity contribution in [2.24, 2.45) is 5.73 Å². The van der Waals surface area contributed by atoms with Gasteiger partial charge in [0.1, 0.15) is 5.82 Å². The van der Waals surface area contributed by atoms with E-state index in [2.05, 4.69) is 0 Å². The van der Waals surface area contributed by atoms with Crippen molar-refractivity contribution in [3.63, 3.8) is 0 Å². The van der Waals surface area contributed by atoms with Gasteiger partial charge in [-0.1, -0.05) is 33.8 Å². The molecule has 0 aliphatic carbocycles. The molecule has 15 heavy (non-hydrogen) atoms. The number of halogens is 1. The molecule has 2 heteroatoms. The first kappa shape index (κ1) is 16.1. The van der Waals surface area contributed by atoms with Gasteiger partial charge in [0.2, 0.25) is 0 Å². The summed E-state index contributed by atoms with van der Waals surface area (Å²) in [4.78, 5) is 0. The number of benzene rings is 1. The van der Waals surface area contributed by atoms with E-state index in [1.807, 2.05) is 34.6 Å². The lowest BCUT2D eigenvalue weighted by atomic mass is 10.1. The van der Waals surface area contributed by atoms with E-state index in [1.165, 1.54) is 18.3 Å². The first-order chi connectivity index (χ1) is 7.24. The number of hydrogen-bond donors (Lipinski definition) is 1. The average Bonchev–Trinajstić information content (AvgIpc) is 2.29. The summed E-state index contributed by atoms with van der Waals surface area (Å²) >= 11 is 0. The second-order valence-electron chi connectivity index (χ2n) is 2.36. The van der Waals surface area contributed by atoms with E-state index in [9.17, 15) is 4.39 Å². The fourth-order valence-corrected chi connectivity index (χ4v) is 0.895. The molecule has 0 aromatic heterocycles. The van der Waals surface area contributed by atoms with Crippen LogP contribution in [0.4, 0.5) is 4.39 Å². The van der Waals surface area contributed by atoms with Gasteiger partial charge in [-0.25, -0.2) is 4.39 Å². The van der Waals surface area contributed by atoms with Gasteiger partial charge in [-0.15, -0.1) is 0 Å². The van der Waals surface area contributed by atoms with Gasteiger partial charge in [-0.05, 0) is 42.5 Å². The quantitative estimate of drug-likeness (QED) is 0.743. The van der Waals surface area contributed by atoms with Gasteiger partial charge < -0.3 is 5.73 Å². The van der Waals surface area contributed by atoms with E-state index in [0.717, 1.165) is 11.1 Å². The van der Waals surface area contributed by atoms with E-state index in [1.54, 1.807) is 12.1 Å². The van der Waals surface area contributed by atoms with Crippen LogP contribution in [0.2, 0.25) is 0 Å². The maximum Gasteiger partial charge on any atom is 0.123 e. The molecule has 2 N–H and O–H groups in total. The van der Waals surface area contributed by atoms with Crippen LogP contribution in [-0.4, -0.2) is 0 Å². The summed E-state index contributed by atoms with van der Waals surface area (Å²) in [5, 5.41) is 0. The fourth-order valence-electron chi connectivity index (χ4n) is 0.895. The van der Waals surface area contributed by atoms with E-state index < -0.39 is 0 Å². The third-order valence-electron chi connectivity index (χ3n) is 1.52. The van der Waals surface area contributed by atoms with Gasteiger partial charge in [0.15, 0.2) is 0 Å². The lowest BCUT2D eigenvalue weighted by Gasteiger charge is -1.98. The minimum Gasteiger partial charge on any atom is -0.405 e. The summed E-state index contributed by atoms with van der Waals surface area (Å²) in [6.45, 7) is 9.91. The summed E-state index contributed by atoms with van der Waals surface area (Å²) in [5.74, 6) is -0.233. The predicted molar refractivity (Wildman–Crippen MR) is 67.1 cm³/mol. The van der Waals surface area contributed by atoms with Gasteiger partial charge >= 0.3 is 0 Å². The minimum atomic E-state index is -0.233. The molecule has 0 aliphatic heterocycles. The molecule has 0 saturated carbocycles. The normalized spacial score (nSPS) is 8.67. The topological polar surface area (TPSA) is 26.0 Å². The van der Waals surface area contributed by atoms with Crippen molar-refractivity contribution in [2.75, 3.05) is 0 Å². The maximum atomic E-state index is 12.6. The average molecular weight is 211 g/mol. The molecule has 0 heterocycles. The number of aryl methyl sites for hydroxylation is 1. The Balaban J connectivity index is 0. The number of nitrogens with two attached hydrogens (primary N) is 1. The molecule has 0 atom stereocenters. The first-order valence-corrected chi connectivity index (χ1v) is 5.38. The van der Waals surface area contributed by atoms with Crippen LogP contribution in [0.3, 0.4) is 0 Å². The molecule has 0 radical (unpaired) electrons. The highest BCUT2D eigenvalue weighted by Gasteiger charge is 1.94.